The molecule has 0 atom stereocenters. The first-order valence-electron chi connectivity index (χ1n) is 8.13. The summed E-state index contributed by atoms with van der Waals surface area (Å²) in [5.41, 5.74) is 2.14. The van der Waals surface area contributed by atoms with Gasteiger partial charge < -0.3 is 5.32 Å². The molecule has 24 heavy (non-hydrogen) atoms. The van der Waals surface area contributed by atoms with Crippen molar-refractivity contribution in [3.8, 4) is 0 Å². The number of rotatable bonds is 4. The third-order valence-electron chi connectivity index (χ3n) is 4.48. The van der Waals surface area contributed by atoms with E-state index >= 15 is 0 Å². The van der Waals surface area contributed by atoms with Crippen LogP contribution in [-0.4, -0.2) is 41.8 Å². The Labute approximate surface area is 142 Å². The fraction of sp³-hybridized carbons (Fsp3) is 0.500. The first-order chi connectivity index (χ1) is 11.3. The van der Waals surface area contributed by atoms with E-state index in [1.807, 2.05) is 6.07 Å². The van der Waals surface area contributed by atoms with Gasteiger partial charge in [-0.2, -0.15) is 12.7 Å². The predicted octanol–water partition coefficient (Wildman–Crippen LogP) is 1.83. The molecule has 0 saturated carbocycles. The van der Waals surface area contributed by atoms with Crippen LogP contribution >= 0.6 is 0 Å². The molecular weight excluding hydrogens is 326 g/mol. The quantitative estimate of drug-likeness (QED) is 0.877. The van der Waals surface area contributed by atoms with Crippen LogP contribution in [0.2, 0.25) is 0 Å². The summed E-state index contributed by atoms with van der Waals surface area (Å²) in [6.07, 6.45) is 2.96. The summed E-state index contributed by atoms with van der Waals surface area (Å²) >= 11 is 0. The topological polar surface area (TPSA) is 101 Å². The Balaban J connectivity index is 1.79. The molecule has 0 spiro atoms. The predicted molar refractivity (Wildman–Crippen MR) is 95.0 cm³/mol. The minimum Gasteiger partial charge on any atom is -0.367 e. The zero-order valence-electron chi connectivity index (χ0n) is 13.9. The Morgan fingerprint density at radius 1 is 1.25 bits per heavy atom. The number of nitrogens with zero attached hydrogens (tertiary/aromatic N) is 3. The molecule has 3 N–H and O–H groups in total. The van der Waals surface area contributed by atoms with Gasteiger partial charge in [-0.25, -0.2) is 15.1 Å². The molecule has 2 aromatic rings. The van der Waals surface area contributed by atoms with Crippen molar-refractivity contribution < 1.29 is 8.42 Å². The minimum atomic E-state index is -3.59. The van der Waals surface area contributed by atoms with Gasteiger partial charge in [-0.1, -0.05) is 19.9 Å². The lowest BCUT2D eigenvalue weighted by atomic mass is 10.0. The molecule has 0 unspecified atom stereocenters. The molecule has 1 aliphatic rings. The number of piperidine rings is 1. The molecule has 1 aliphatic heterocycles. The van der Waals surface area contributed by atoms with Gasteiger partial charge in [0.15, 0.2) is 0 Å². The fourth-order valence-corrected chi connectivity index (χ4v) is 3.72. The number of hydrogen-bond acceptors (Lipinski definition) is 5. The molecule has 3 rings (SSSR count). The normalized spacial score (nSPS) is 17.5. The first kappa shape index (κ1) is 17.1. The molecule has 8 heteroatoms. The van der Waals surface area contributed by atoms with Crippen LogP contribution in [0.25, 0.3) is 10.9 Å². The van der Waals surface area contributed by atoms with Crippen molar-refractivity contribution >= 4 is 26.9 Å². The van der Waals surface area contributed by atoms with E-state index < -0.39 is 10.2 Å². The first-order valence-corrected chi connectivity index (χ1v) is 9.64. The lowest BCUT2D eigenvalue weighted by Crippen LogP contribution is -2.45. The molecule has 2 heterocycles. The fourth-order valence-electron chi connectivity index (χ4n) is 3.00. The molecule has 1 fully saturated rings. The standard InChI is InChI=1S/C16H23N5O2S/c1-11(2)12-3-4-15-14(9-12)16(19-10-18-15)20-13-5-7-21(8-6-13)24(17,22)23/h3-4,9-11,13H,5-8H2,1-2H3,(H2,17,22,23)(H,18,19,20). The van der Waals surface area contributed by atoms with Gasteiger partial charge in [-0.3, -0.25) is 0 Å². The van der Waals surface area contributed by atoms with Gasteiger partial charge in [-0.05, 0) is 36.5 Å². The third kappa shape index (κ3) is 3.66. The maximum atomic E-state index is 11.4. The molecule has 130 valence electrons. The molecule has 0 amide bonds. The van der Waals surface area contributed by atoms with Crippen molar-refractivity contribution in [1.82, 2.24) is 14.3 Å². The van der Waals surface area contributed by atoms with Crippen LogP contribution in [0.5, 0.6) is 0 Å². The van der Waals surface area contributed by atoms with Crippen LogP contribution in [0, 0.1) is 0 Å². The van der Waals surface area contributed by atoms with E-state index in [4.69, 9.17) is 5.14 Å². The highest BCUT2D eigenvalue weighted by molar-refractivity contribution is 7.86. The molecule has 1 saturated heterocycles. The Bertz CT molecular complexity index is 829. The van der Waals surface area contributed by atoms with E-state index in [9.17, 15) is 8.42 Å². The number of benzene rings is 1. The number of aromatic nitrogens is 2. The summed E-state index contributed by atoms with van der Waals surface area (Å²) in [5, 5.41) is 9.63. The van der Waals surface area contributed by atoms with Crippen molar-refractivity contribution in [3.05, 3.63) is 30.1 Å². The summed E-state index contributed by atoms with van der Waals surface area (Å²) in [5.74, 6) is 1.23. The van der Waals surface area contributed by atoms with Crippen LogP contribution in [0.15, 0.2) is 24.5 Å². The van der Waals surface area contributed by atoms with Crippen LogP contribution in [-0.2, 0) is 10.2 Å². The van der Waals surface area contributed by atoms with Crippen molar-refractivity contribution in [2.75, 3.05) is 18.4 Å². The summed E-state index contributed by atoms with van der Waals surface area (Å²) < 4.78 is 24.1. The third-order valence-corrected chi connectivity index (χ3v) is 5.57. The highest BCUT2D eigenvalue weighted by Crippen LogP contribution is 2.26. The molecule has 1 aromatic heterocycles. The Hall–Kier alpha value is -1.77. The van der Waals surface area contributed by atoms with E-state index in [0.717, 1.165) is 16.7 Å². The number of nitrogens with two attached hydrogens (primary N) is 1. The second kappa shape index (κ2) is 6.62. The second-order valence-corrected chi connectivity index (χ2v) is 8.06. The van der Waals surface area contributed by atoms with Crippen LogP contribution < -0.4 is 10.5 Å². The van der Waals surface area contributed by atoms with Crippen LogP contribution in [0.1, 0.15) is 38.2 Å². The van der Waals surface area contributed by atoms with Gasteiger partial charge in [-0.15, -0.1) is 0 Å². The average molecular weight is 349 g/mol. The lowest BCUT2D eigenvalue weighted by molar-refractivity contribution is 0.330. The summed E-state index contributed by atoms with van der Waals surface area (Å²) in [6, 6.07) is 6.40. The maximum Gasteiger partial charge on any atom is 0.276 e. The SMILES string of the molecule is CC(C)c1ccc2ncnc(NC3CCN(S(N)(=O)=O)CC3)c2c1. The van der Waals surface area contributed by atoms with Crippen molar-refractivity contribution in [2.24, 2.45) is 5.14 Å². The van der Waals surface area contributed by atoms with Gasteiger partial charge in [0, 0.05) is 24.5 Å². The van der Waals surface area contributed by atoms with Crippen LogP contribution in [0.4, 0.5) is 5.82 Å². The highest BCUT2D eigenvalue weighted by Gasteiger charge is 2.25. The number of fused-ring (bicyclic) bond motifs is 1. The molecule has 0 aliphatic carbocycles. The average Bonchev–Trinajstić information content (AvgIpc) is 2.54. The second-order valence-electron chi connectivity index (χ2n) is 6.52. The van der Waals surface area contributed by atoms with Crippen molar-refractivity contribution in [2.45, 2.75) is 38.6 Å². The van der Waals surface area contributed by atoms with E-state index in [1.165, 1.54) is 9.87 Å². The summed E-state index contributed by atoms with van der Waals surface area (Å²) in [7, 11) is -3.59. The number of nitrogens with one attached hydrogen (secondary N) is 1. The maximum absolute atomic E-state index is 11.4. The van der Waals surface area contributed by atoms with Crippen molar-refractivity contribution in [3.63, 3.8) is 0 Å². The minimum absolute atomic E-state index is 0.170. The van der Waals surface area contributed by atoms with E-state index in [-0.39, 0.29) is 6.04 Å². The van der Waals surface area contributed by atoms with Crippen LogP contribution in [0.3, 0.4) is 0 Å². The smallest absolute Gasteiger partial charge is 0.276 e. The Morgan fingerprint density at radius 3 is 2.58 bits per heavy atom. The largest absolute Gasteiger partial charge is 0.367 e. The van der Waals surface area contributed by atoms with E-state index in [1.54, 1.807) is 6.33 Å². The Morgan fingerprint density at radius 2 is 1.96 bits per heavy atom. The molecule has 7 nitrogen and oxygen atoms in total. The van der Waals surface area contributed by atoms with Crippen molar-refractivity contribution in [1.29, 1.82) is 0 Å². The van der Waals surface area contributed by atoms with Gasteiger partial charge in [0.2, 0.25) is 0 Å². The molecule has 1 aromatic carbocycles. The van der Waals surface area contributed by atoms with E-state index in [2.05, 4.69) is 41.3 Å². The molecule has 0 radical (unpaired) electrons. The van der Waals surface area contributed by atoms with Gasteiger partial charge >= 0.3 is 0 Å². The van der Waals surface area contributed by atoms with Gasteiger partial charge in [0.25, 0.3) is 10.2 Å². The Kier molecular flexibility index (Phi) is 4.71. The zero-order valence-corrected chi connectivity index (χ0v) is 14.8. The summed E-state index contributed by atoms with van der Waals surface area (Å²) in [4.78, 5) is 8.72. The zero-order chi connectivity index (χ0) is 17.3. The highest BCUT2D eigenvalue weighted by atomic mass is 32.2. The molecule has 0 bridgehead atoms. The van der Waals surface area contributed by atoms with E-state index in [0.29, 0.717) is 31.8 Å². The number of hydrogen-bond donors (Lipinski definition) is 2. The lowest BCUT2D eigenvalue weighted by Gasteiger charge is -2.30. The summed E-state index contributed by atoms with van der Waals surface area (Å²) in [6.45, 7) is 5.16. The van der Waals surface area contributed by atoms with Gasteiger partial charge in [0.1, 0.15) is 12.1 Å². The van der Waals surface area contributed by atoms with Gasteiger partial charge in [0.05, 0.1) is 5.52 Å². The molecular formula is C16H23N5O2S. The number of anilines is 1. The monoisotopic (exact) mass is 349 g/mol.